The van der Waals surface area contributed by atoms with Crippen LogP contribution in [0.4, 0.5) is 0 Å². The molecule has 0 atom stereocenters. The molecular weight excluding hydrogens is 284 g/mol. The number of hydrogen-bond donors (Lipinski definition) is 0. The van der Waals surface area contributed by atoms with Gasteiger partial charge in [-0.25, -0.2) is 0 Å². The number of nitrogens with zero attached hydrogens (tertiary/aromatic N) is 2. The zero-order chi connectivity index (χ0) is 7.28. The first-order valence-corrected chi connectivity index (χ1v) is 5.93. The Balaban J connectivity index is 3.22. The number of rotatable bonds is 4. The molecule has 0 bridgehead atoms. The molecule has 0 radical (unpaired) electrons. The molecule has 3 heteroatoms. The molecular formula is C6H16N2W. The van der Waals surface area contributed by atoms with Gasteiger partial charge in [-0.15, -0.1) is 0 Å². The van der Waals surface area contributed by atoms with Crippen molar-refractivity contribution in [1.29, 1.82) is 0 Å². The molecule has 0 aromatic rings. The van der Waals surface area contributed by atoms with Crippen molar-refractivity contribution in [1.82, 2.24) is 6.92 Å². The third-order valence-electron chi connectivity index (χ3n) is 1.17. The maximum absolute atomic E-state index is 2.45. The third kappa shape index (κ3) is 5.07. The summed E-state index contributed by atoms with van der Waals surface area (Å²) in [5.41, 5.74) is 0. The van der Waals surface area contributed by atoms with Gasteiger partial charge < -0.3 is 0 Å². The second kappa shape index (κ2) is 5.40. The van der Waals surface area contributed by atoms with Gasteiger partial charge in [-0.2, -0.15) is 0 Å². The Morgan fingerprint density at radius 2 is 1.33 bits per heavy atom. The van der Waals surface area contributed by atoms with E-state index >= 15 is 0 Å². The zero-order valence-corrected chi connectivity index (χ0v) is 9.65. The fourth-order valence-electron chi connectivity index (χ4n) is 0.353. The van der Waals surface area contributed by atoms with Gasteiger partial charge in [-0.05, 0) is 0 Å². The Bertz CT molecular complexity index is 60.1. The summed E-state index contributed by atoms with van der Waals surface area (Å²) in [7, 11) is 4.41. The third-order valence-corrected chi connectivity index (χ3v) is 5.03. The first kappa shape index (κ1) is 9.61. The standard InChI is InChI=1S/2C3H8N.W/c2*1-3-4-2;/h2*3H2,1-2H3;/q2*-1;+2. The van der Waals surface area contributed by atoms with Gasteiger partial charge in [-0.3, -0.25) is 0 Å². The van der Waals surface area contributed by atoms with Crippen molar-refractivity contribution in [3.05, 3.63) is 0 Å². The molecule has 0 rings (SSSR count). The fourth-order valence-corrected chi connectivity index (χ4v) is 2.89. The molecule has 0 saturated heterocycles. The quantitative estimate of drug-likeness (QED) is 0.758. The van der Waals surface area contributed by atoms with Crippen molar-refractivity contribution in [2.24, 2.45) is 0 Å². The Morgan fingerprint density at radius 3 is 1.56 bits per heavy atom. The van der Waals surface area contributed by atoms with Gasteiger partial charge >= 0.3 is 67.0 Å². The van der Waals surface area contributed by atoms with Gasteiger partial charge in [0.15, 0.2) is 0 Å². The molecule has 0 unspecified atom stereocenters. The second-order valence-electron chi connectivity index (χ2n) is 1.97. The van der Waals surface area contributed by atoms with E-state index in [1.165, 1.54) is 13.1 Å². The van der Waals surface area contributed by atoms with Crippen molar-refractivity contribution in [2.75, 3.05) is 27.2 Å². The van der Waals surface area contributed by atoms with Crippen LogP contribution >= 0.6 is 0 Å². The van der Waals surface area contributed by atoms with E-state index < -0.39 is 0 Å². The normalized spacial score (nSPS) is 11.3. The topological polar surface area (TPSA) is 6.48 Å². The molecule has 56 valence electrons. The zero-order valence-electron chi connectivity index (χ0n) is 6.72. The van der Waals surface area contributed by atoms with Crippen LogP contribution in [0.1, 0.15) is 13.8 Å². The molecule has 9 heavy (non-hydrogen) atoms. The molecule has 0 amide bonds. The predicted molar refractivity (Wildman–Crippen MR) is 36.6 cm³/mol. The Labute approximate surface area is 67.3 Å². The van der Waals surface area contributed by atoms with Crippen molar-refractivity contribution in [2.45, 2.75) is 13.8 Å². The molecule has 0 spiro atoms. The van der Waals surface area contributed by atoms with Crippen LogP contribution < -0.4 is 0 Å². The SMILES string of the molecule is CC[N](C)[W][N](C)CC. The van der Waals surface area contributed by atoms with Crippen LogP contribution in [-0.2, 0) is 19.1 Å². The number of hydrogen-bond acceptors (Lipinski definition) is 2. The summed E-state index contributed by atoms with van der Waals surface area (Å²) >= 11 is -0.303. The Hall–Kier alpha value is 0.608. The van der Waals surface area contributed by atoms with Crippen LogP contribution in [0.5, 0.6) is 0 Å². The van der Waals surface area contributed by atoms with Gasteiger partial charge in [0, 0.05) is 0 Å². The van der Waals surface area contributed by atoms with E-state index in [0.717, 1.165) is 0 Å². The molecule has 2 nitrogen and oxygen atoms in total. The van der Waals surface area contributed by atoms with Crippen LogP contribution in [0.15, 0.2) is 0 Å². The van der Waals surface area contributed by atoms with Gasteiger partial charge in [-0.1, -0.05) is 0 Å². The predicted octanol–water partition coefficient (Wildman–Crippen LogP) is 0.802. The first-order chi connectivity index (χ1) is 4.20. The molecule has 0 aliphatic carbocycles. The minimum atomic E-state index is -0.303. The summed E-state index contributed by atoms with van der Waals surface area (Å²) in [6, 6.07) is 0. The van der Waals surface area contributed by atoms with E-state index in [1.807, 2.05) is 0 Å². The van der Waals surface area contributed by atoms with Crippen molar-refractivity contribution < 1.29 is 19.1 Å². The second-order valence-corrected chi connectivity index (χ2v) is 7.04. The summed E-state index contributed by atoms with van der Waals surface area (Å²) in [5, 5.41) is 0. The van der Waals surface area contributed by atoms with Gasteiger partial charge in [0.05, 0.1) is 0 Å². The van der Waals surface area contributed by atoms with Crippen LogP contribution in [0, 0.1) is 0 Å². The Morgan fingerprint density at radius 1 is 1.00 bits per heavy atom. The average molecular weight is 300 g/mol. The van der Waals surface area contributed by atoms with Crippen LogP contribution in [0.2, 0.25) is 0 Å². The molecule has 0 aliphatic heterocycles. The maximum atomic E-state index is 2.45. The van der Waals surface area contributed by atoms with Crippen LogP contribution in [0.3, 0.4) is 0 Å². The van der Waals surface area contributed by atoms with Gasteiger partial charge in [0.1, 0.15) is 0 Å². The molecule has 0 heterocycles. The minimum absolute atomic E-state index is 0.303. The summed E-state index contributed by atoms with van der Waals surface area (Å²) in [5.74, 6) is 0. The summed E-state index contributed by atoms with van der Waals surface area (Å²) in [4.78, 5) is 0. The Kier molecular flexibility index (Phi) is 5.76. The van der Waals surface area contributed by atoms with Gasteiger partial charge in [0.25, 0.3) is 0 Å². The van der Waals surface area contributed by atoms with E-state index in [2.05, 4.69) is 34.9 Å². The first-order valence-electron chi connectivity index (χ1n) is 3.31. The average Bonchev–Trinajstić information content (AvgIpc) is 1.87. The van der Waals surface area contributed by atoms with E-state index in [0.29, 0.717) is 0 Å². The fraction of sp³-hybridized carbons (Fsp3) is 1.00. The van der Waals surface area contributed by atoms with Crippen molar-refractivity contribution >= 4 is 0 Å². The van der Waals surface area contributed by atoms with E-state index in [9.17, 15) is 0 Å². The monoisotopic (exact) mass is 300 g/mol. The molecule has 0 aromatic heterocycles. The van der Waals surface area contributed by atoms with Crippen molar-refractivity contribution in [3.8, 4) is 0 Å². The molecule has 0 aliphatic rings. The summed E-state index contributed by atoms with van der Waals surface area (Å²) < 4.78 is 4.90. The van der Waals surface area contributed by atoms with Gasteiger partial charge in [0.2, 0.25) is 0 Å². The summed E-state index contributed by atoms with van der Waals surface area (Å²) in [6.45, 7) is 6.83. The van der Waals surface area contributed by atoms with Crippen LogP contribution in [-0.4, -0.2) is 34.1 Å². The summed E-state index contributed by atoms with van der Waals surface area (Å²) in [6.07, 6.45) is 0. The van der Waals surface area contributed by atoms with Crippen LogP contribution in [0.25, 0.3) is 0 Å². The molecule has 0 saturated carbocycles. The molecule has 0 aromatic carbocycles. The molecule has 0 fully saturated rings. The van der Waals surface area contributed by atoms with E-state index in [4.69, 9.17) is 0 Å². The van der Waals surface area contributed by atoms with Crippen molar-refractivity contribution in [3.63, 3.8) is 0 Å². The van der Waals surface area contributed by atoms with E-state index in [-0.39, 0.29) is 19.1 Å². The van der Waals surface area contributed by atoms with E-state index in [1.54, 1.807) is 0 Å². The molecule has 0 N–H and O–H groups in total.